The monoisotopic (exact) mass is 327 g/mol. The van der Waals surface area contributed by atoms with E-state index in [1.807, 2.05) is 7.05 Å². The molecule has 1 saturated heterocycles. The third-order valence-electron chi connectivity index (χ3n) is 3.25. The molecule has 0 spiro atoms. The van der Waals surface area contributed by atoms with E-state index in [4.69, 9.17) is 9.47 Å². The van der Waals surface area contributed by atoms with Gasteiger partial charge >= 0.3 is 0 Å². The molecule has 19 heavy (non-hydrogen) atoms. The van der Waals surface area contributed by atoms with Gasteiger partial charge in [0, 0.05) is 25.8 Å². The lowest BCUT2D eigenvalue weighted by Gasteiger charge is -2.21. The number of hydrogen-bond donors (Lipinski definition) is 0. The van der Waals surface area contributed by atoms with Gasteiger partial charge in [0.2, 0.25) is 0 Å². The van der Waals surface area contributed by atoms with Crippen molar-refractivity contribution < 1.29 is 14.3 Å². The number of carbonyl (C=O) groups excluding carboxylic acids is 1. The van der Waals surface area contributed by atoms with E-state index in [0.717, 1.165) is 29.7 Å². The second-order valence-corrected chi connectivity index (χ2v) is 5.52. The Morgan fingerprint density at radius 2 is 2.37 bits per heavy atom. The molecule has 5 heteroatoms. The van der Waals surface area contributed by atoms with E-state index < -0.39 is 0 Å². The van der Waals surface area contributed by atoms with Crippen molar-refractivity contribution in [1.29, 1.82) is 0 Å². The van der Waals surface area contributed by atoms with Crippen LogP contribution < -0.4 is 4.74 Å². The van der Waals surface area contributed by atoms with Crippen molar-refractivity contribution in [3.8, 4) is 5.75 Å². The van der Waals surface area contributed by atoms with Gasteiger partial charge in [0.15, 0.2) is 0 Å². The second-order valence-electron chi connectivity index (χ2n) is 4.67. The molecule has 0 aliphatic carbocycles. The lowest BCUT2D eigenvalue weighted by atomic mass is 10.1. The van der Waals surface area contributed by atoms with Crippen LogP contribution in [0.5, 0.6) is 5.75 Å². The quantitative estimate of drug-likeness (QED) is 0.853. The van der Waals surface area contributed by atoms with E-state index in [0.29, 0.717) is 12.1 Å². The topological polar surface area (TPSA) is 38.8 Å². The standard InChI is InChI=1S/C14H18BrNO3/c1-16(9-11-4-3-7-19-11)14(17)10-5-6-13(18-2)12(15)8-10/h5-6,8,11H,3-4,7,9H2,1-2H3. The first-order chi connectivity index (χ1) is 9.11. The van der Waals surface area contributed by atoms with Crippen molar-refractivity contribution in [3.05, 3.63) is 28.2 Å². The lowest BCUT2D eigenvalue weighted by molar-refractivity contribution is 0.0587. The minimum Gasteiger partial charge on any atom is -0.496 e. The third-order valence-corrected chi connectivity index (χ3v) is 3.87. The molecular weight excluding hydrogens is 310 g/mol. The van der Waals surface area contributed by atoms with Gasteiger partial charge in [0.05, 0.1) is 17.7 Å². The largest absolute Gasteiger partial charge is 0.496 e. The molecule has 0 bridgehead atoms. The van der Waals surface area contributed by atoms with Gasteiger partial charge in [0.1, 0.15) is 5.75 Å². The fourth-order valence-electron chi connectivity index (χ4n) is 2.20. The summed E-state index contributed by atoms with van der Waals surface area (Å²) in [6.45, 7) is 1.45. The molecule has 1 unspecified atom stereocenters. The first-order valence-electron chi connectivity index (χ1n) is 6.32. The molecule has 104 valence electrons. The maximum absolute atomic E-state index is 12.3. The van der Waals surface area contributed by atoms with E-state index in [1.54, 1.807) is 30.2 Å². The number of rotatable bonds is 4. The van der Waals surface area contributed by atoms with Crippen LogP contribution in [0.25, 0.3) is 0 Å². The smallest absolute Gasteiger partial charge is 0.253 e. The van der Waals surface area contributed by atoms with Crippen LogP contribution in [0.1, 0.15) is 23.2 Å². The van der Waals surface area contributed by atoms with E-state index in [1.165, 1.54) is 0 Å². The van der Waals surface area contributed by atoms with Crippen molar-refractivity contribution in [1.82, 2.24) is 4.90 Å². The molecule has 1 fully saturated rings. The predicted molar refractivity (Wildman–Crippen MR) is 76.6 cm³/mol. The Balaban J connectivity index is 2.03. The van der Waals surface area contributed by atoms with Crippen LogP contribution >= 0.6 is 15.9 Å². The summed E-state index contributed by atoms with van der Waals surface area (Å²) >= 11 is 3.39. The number of benzene rings is 1. The summed E-state index contributed by atoms with van der Waals surface area (Å²) in [7, 11) is 3.41. The van der Waals surface area contributed by atoms with Crippen LogP contribution in [0, 0.1) is 0 Å². The Morgan fingerprint density at radius 1 is 1.58 bits per heavy atom. The Bertz CT molecular complexity index is 458. The molecule has 1 amide bonds. The minimum atomic E-state index is -0.00106. The van der Waals surface area contributed by atoms with Gasteiger partial charge in [0.25, 0.3) is 5.91 Å². The molecule has 1 heterocycles. The van der Waals surface area contributed by atoms with Crippen molar-refractivity contribution in [3.63, 3.8) is 0 Å². The summed E-state index contributed by atoms with van der Waals surface area (Å²) in [5, 5.41) is 0. The molecule has 0 aromatic heterocycles. The highest BCUT2D eigenvalue weighted by molar-refractivity contribution is 9.10. The van der Waals surface area contributed by atoms with Gasteiger partial charge in [-0.1, -0.05) is 0 Å². The zero-order valence-electron chi connectivity index (χ0n) is 11.2. The van der Waals surface area contributed by atoms with Crippen LogP contribution in [0.15, 0.2) is 22.7 Å². The second kappa shape index (κ2) is 6.39. The van der Waals surface area contributed by atoms with Crippen LogP contribution in [0.4, 0.5) is 0 Å². The Morgan fingerprint density at radius 3 is 2.95 bits per heavy atom. The summed E-state index contributed by atoms with van der Waals surface area (Å²) in [6, 6.07) is 5.35. The van der Waals surface area contributed by atoms with Crippen LogP contribution in [-0.4, -0.2) is 44.2 Å². The van der Waals surface area contributed by atoms with Gasteiger partial charge in [-0.05, 0) is 47.0 Å². The highest BCUT2D eigenvalue weighted by Crippen LogP contribution is 2.26. The van der Waals surface area contributed by atoms with Crippen molar-refractivity contribution in [2.24, 2.45) is 0 Å². The van der Waals surface area contributed by atoms with Gasteiger partial charge in [-0.3, -0.25) is 4.79 Å². The molecule has 1 aliphatic heterocycles. The summed E-state index contributed by atoms with van der Waals surface area (Å²) in [6.07, 6.45) is 2.29. The average molecular weight is 328 g/mol. The molecule has 0 saturated carbocycles. The van der Waals surface area contributed by atoms with E-state index in [2.05, 4.69) is 15.9 Å². The molecule has 2 rings (SSSR count). The van der Waals surface area contributed by atoms with Gasteiger partial charge in [-0.15, -0.1) is 0 Å². The molecule has 1 aromatic carbocycles. The normalized spacial score (nSPS) is 18.4. The number of ether oxygens (including phenoxy) is 2. The molecule has 0 N–H and O–H groups in total. The van der Waals surface area contributed by atoms with Crippen LogP contribution in [-0.2, 0) is 4.74 Å². The van der Waals surface area contributed by atoms with Crippen LogP contribution in [0.3, 0.4) is 0 Å². The van der Waals surface area contributed by atoms with E-state index >= 15 is 0 Å². The summed E-state index contributed by atoms with van der Waals surface area (Å²) in [4.78, 5) is 14.0. The minimum absolute atomic E-state index is 0.00106. The molecule has 1 aromatic rings. The predicted octanol–water partition coefficient (Wildman–Crippen LogP) is 2.71. The van der Waals surface area contributed by atoms with Gasteiger partial charge in [-0.2, -0.15) is 0 Å². The molecule has 4 nitrogen and oxygen atoms in total. The molecule has 1 atom stereocenters. The maximum atomic E-state index is 12.3. The number of likely N-dealkylation sites (N-methyl/N-ethyl adjacent to an activating group) is 1. The number of halogens is 1. The fourth-order valence-corrected chi connectivity index (χ4v) is 2.74. The first kappa shape index (κ1) is 14.3. The van der Waals surface area contributed by atoms with Crippen molar-refractivity contribution >= 4 is 21.8 Å². The number of methoxy groups -OCH3 is 1. The third kappa shape index (κ3) is 3.48. The zero-order chi connectivity index (χ0) is 13.8. The van der Waals surface area contributed by atoms with Gasteiger partial charge in [-0.25, -0.2) is 0 Å². The fraction of sp³-hybridized carbons (Fsp3) is 0.500. The molecule has 1 aliphatic rings. The van der Waals surface area contributed by atoms with E-state index in [-0.39, 0.29) is 12.0 Å². The summed E-state index contributed by atoms with van der Waals surface area (Å²) < 4.78 is 11.5. The van der Waals surface area contributed by atoms with Crippen molar-refractivity contribution in [2.45, 2.75) is 18.9 Å². The Kier molecular flexibility index (Phi) is 4.82. The summed E-state index contributed by atoms with van der Waals surface area (Å²) in [5.74, 6) is 0.720. The zero-order valence-corrected chi connectivity index (χ0v) is 12.8. The highest BCUT2D eigenvalue weighted by atomic mass is 79.9. The maximum Gasteiger partial charge on any atom is 0.253 e. The van der Waals surface area contributed by atoms with Gasteiger partial charge < -0.3 is 14.4 Å². The lowest BCUT2D eigenvalue weighted by Crippen LogP contribution is -2.34. The number of carbonyl (C=O) groups is 1. The molecule has 0 radical (unpaired) electrons. The Labute approximate surface area is 121 Å². The number of hydrogen-bond acceptors (Lipinski definition) is 3. The number of nitrogens with zero attached hydrogens (tertiary/aromatic N) is 1. The highest BCUT2D eigenvalue weighted by Gasteiger charge is 2.21. The van der Waals surface area contributed by atoms with Crippen LogP contribution in [0.2, 0.25) is 0 Å². The van der Waals surface area contributed by atoms with Crippen molar-refractivity contribution in [2.75, 3.05) is 27.3 Å². The SMILES string of the molecule is COc1ccc(C(=O)N(C)CC2CCCO2)cc1Br. The molecular formula is C14H18BrNO3. The average Bonchev–Trinajstić information content (AvgIpc) is 2.90. The number of amides is 1. The van der Waals surface area contributed by atoms with E-state index in [9.17, 15) is 4.79 Å². The first-order valence-corrected chi connectivity index (χ1v) is 7.11. The Hall–Kier alpha value is -1.07. The summed E-state index contributed by atoms with van der Waals surface area (Å²) in [5.41, 5.74) is 0.646.